The summed E-state index contributed by atoms with van der Waals surface area (Å²) >= 11 is 0. The van der Waals surface area contributed by atoms with Crippen LogP contribution in [0.15, 0.2) is 0 Å². The SMILES string of the molecule is COC(=O)C[C@H](NC(=O)[C@H](CCCCNC(=O)COC(C)(C)CCOC(C)(C)CCN)NC(=O)COC(C)(C)CCOC(C)(C)CCN)C(=O)NCCOCCOCCONC(=O)OC(C)(C)C. The van der Waals surface area contributed by atoms with Gasteiger partial charge in [0.25, 0.3) is 0 Å². The molecule has 0 aliphatic heterocycles. The molecule has 0 aromatic heterocycles. The van der Waals surface area contributed by atoms with E-state index < -0.39 is 70.7 Å². The Labute approximate surface area is 405 Å². The Morgan fingerprint density at radius 1 is 0.529 bits per heavy atom. The van der Waals surface area contributed by atoms with Gasteiger partial charge in [0.1, 0.15) is 30.9 Å². The second kappa shape index (κ2) is 33.7. The first-order valence-corrected chi connectivity index (χ1v) is 23.6. The molecule has 0 radical (unpaired) electrons. The number of hydroxylamine groups is 1. The van der Waals surface area contributed by atoms with Crippen LogP contribution < -0.4 is 38.2 Å². The molecule has 0 aliphatic carbocycles. The number of nitrogens with two attached hydrogens (primary N) is 2. The monoisotopic (exact) mass is 980 g/mol. The highest BCUT2D eigenvalue weighted by atomic mass is 16.7. The lowest BCUT2D eigenvalue weighted by atomic mass is 10.0. The van der Waals surface area contributed by atoms with Crippen LogP contribution in [0.5, 0.6) is 0 Å². The van der Waals surface area contributed by atoms with Crippen LogP contribution in [0.1, 0.15) is 128 Å². The Hall–Kier alpha value is -3.74. The van der Waals surface area contributed by atoms with Crippen molar-refractivity contribution in [2.45, 2.75) is 168 Å². The zero-order valence-electron chi connectivity index (χ0n) is 43.3. The van der Waals surface area contributed by atoms with Gasteiger partial charge < -0.3 is 70.6 Å². The molecule has 22 heteroatoms. The molecule has 5 amide bonds. The molecule has 9 N–H and O–H groups in total. The van der Waals surface area contributed by atoms with E-state index in [9.17, 15) is 28.8 Å². The lowest BCUT2D eigenvalue weighted by Crippen LogP contribution is -2.55. The minimum absolute atomic E-state index is 0.0361. The second-order valence-corrected chi connectivity index (χ2v) is 19.7. The van der Waals surface area contributed by atoms with Crippen LogP contribution in [0.4, 0.5) is 4.79 Å². The third-order valence-electron chi connectivity index (χ3n) is 10.0. The molecule has 0 aromatic rings. The minimum Gasteiger partial charge on any atom is -0.469 e. The number of ether oxygens (including phenoxy) is 8. The predicted molar refractivity (Wildman–Crippen MR) is 254 cm³/mol. The highest BCUT2D eigenvalue weighted by Crippen LogP contribution is 2.20. The first-order valence-electron chi connectivity index (χ1n) is 23.6. The molecule has 0 rings (SSSR count). The summed E-state index contributed by atoms with van der Waals surface area (Å²) in [7, 11) is 1.16. The van der Waals surface area contributed by atoms with E-state index >= 15 is 0 Å². The fourth-order valence-corrected chi connectivity index (χ4v) is 5.84. The van der Waals surface area contributed by atoms with Crippen LogP contribution in [0, 0.1) is 0 Å². The maximum absolute atomic E-state index is 13.8. The summed E-state index contributed by atoms with van der Waals surface area (Å²) in [6.07, 6.45) is 2.18. The van der Waals surface area contributed by atoms with Crippen molar-refractivity contribution >= 4 is 35.7 Å². The summed E-state index contributed by atoms with van der Waals surface area (Å²) in [5.41, 5.74) is 10.7. The van der Waals surface area contributed by atoms with Gasteiger partial charge in [-0.2, -0.15) is 5.48 Å². The molecule has 0 spiro atoms. The Kier molecular flexibility index (Phi) is 31.9. The van der Waals surface area contributed by atoms with Crippen molar-refractivity contribution in [3.63, 3.8) is 0 Å². The van der Waals surface area contributed by atoms with Crippen LogP contribution in [0.3, 0.4) is 0 Å². The van der Waals surface area contributed by atoms with E-state index in [0.717, 1.165) is 13.5 Å². The van der Waals surface area contributed by atoms with E-state index in [2.05, 4.69) is 26.7 Å². The number of methoxy groups -OCH3 is 1. The average Bonchev–Trinajstić information content (AvgIpc) is 3.22. The summed E-state index contributed by atoms with van der Waals surface area (Å²) in [4.78, 5) is 81.9. The Morgan fingerprint density at radius 2 is 1.04 bits per heavy atom. The molecule has 0 bridgehead atoms. The number of amides is 5. The Morgan fingerprint density at radius 3 is 1.57 bits per heavy atom. The molecule has 22 nitrogen and oxygen atoms in total. The van der Waals surface area contributed by atoms with Crippen LogP contribution in [-0.4, -0.2) is 169 Å². The molecule has 0 unspecified atom stereocenters. The number of nitrogens with one attached hydrogen (secondary N) is 5. The number of hydrogen-bond donors (Lipinski definition) is 7. The van der Waals surface area contributed by atoms with E-state index in [1.165, 1.54) is 0 Å². The van der Waals surface area contributed by atoms with Crippen LogP contribution in [-0.2, 0) is 66.7 Å². The van der Waals surface area contributed by atoms with Gasteiger partial charge in [-0.05, 0) is 134 Å². The topological polar surface area (TPSA) is 298 Å². The molecular formula is C46H89N7O15. The molecular weight excluding hydrogens is 891 g/mol. The third-order valence-corrected chi connectivity index (χ3v) is 10.0. The van der Waals surface area contributed by atoms with Crippen molar-refractivity contribution in [2.75, 3.05) is 92.8 Å². The van der Waals surface area contributed by atoms with E-state index in [1.807, 2.05) is 55.4 Å². The van der Waals surface area contributed by atoms with Gasteiger partial charge in [-0.1, -0.05) is 0 Å². The fraction of sp³-hybridized carbons (Fsp3) is 0.870. The lowest BCUT2D eigenvalue weighted by Gasteiger charge is -2.29. The maximum Gasteiger partial charge on any atom is 0.431 e. The van der Waals surface area contributed by atoms with Gasteiger partial charge >= 0.3 is 12.1 Å². The quantitative estimate of drug-likeness (QED) is 0.0264. The average molecular weight is 980 g/mol. The van der Waals surface area contributed by atoms with Crippen molar-refractivity contribution in [3.05, 3.63) is 0 Å². The molecule has 398 valence electrons. The third kappa shape index (κ3) is 35.4. The van der Waals surface area contributed by atoms with Gasteiger partial charge in [-0.3, -0.25) is 28.8 Å². The maximum atomic E-state index is 13.8. The minimum atomic E-state index is -1.35. The fourth-order valence-electron chi connectivity index (χ4n) is 5.84. The van der Waals surface area contributed by atoms with Crippen LogP contribution in [0.25, 0.3) is 0 Å². The van der Waals surface area contributed by atoms with Crippen molar-refractivity contribution in [1.82, 2.24) is 26.7 Å². The van der Waals surface area contributed by atoms with Crippen LogP contribution >= 0.6 is 0 Å². The van der Waals surface area contributed by atoms with E-state index in [4.69, 9.17) is 54.2 Å². The van der Waals surface area contributed by atoms with E-state index in [1.54, 1.807) is 20.8 Å². The summed E-state index contributed by atoms with van der Waals surface area (Å²) in [5, 5.41) is 10.8. The predicted octanol–water partition coefficient (Wildman–Crippen LogP) is 2.07. The largest absolute Gasteiger partial charge is 0.469 e. The zero-order chi connectivity index (χ0) is 51.9. The highest BCUT2D eigenvalue weighted by molar-refractivity contribution is 5.94. The smallest absolute Gasteiger partial charge is 0.431 e. The standard InChI is InChI=1S/C46H89N7O15/c1-42(2,3)68-41(59)53-67-30-29-62-28-27-61-26-23-50-39(57)35(31-38(56)60-12)52-40(58)34(51-37(55)33-66-46(10,11)19-25-64-44(6,7)17-21-48)15-13-14-22-49-36(54)32-65-45(8,9)18-24-63-43(4,5)16-20-47/h34-35H,13-33,47-48H2,1-12H3,(H,49,54)(H,50,57)(H,51,55)(H,52,58)(H,53,59)/t34-,35-/m0/s1. The molecule has 0 saturated carbocycles. The van der Waals surface area contributed by atoms with Gasteiger partial charge in [-0.25, -0.2) is 4.79 Å². The van der Waals surface area contributed by atoms with E-state index in [-0.39, 0.29) is 77.3 Å². The Balaban J connectivity index is 5.39. The molecule has 68 heavy (non-hydrogen) atoms. The number of unbranched alkanes of at least 4 members (excludes halogenated alkanes) is 1. The molecule has 2 atom stereocenters. The highest BCUT2D eigenvalue weighted by Gasteiger charge is 2.30. The number of esters is 1. The van der Waals surface area contributed by atoms with Gasteiger partial charge in [0.15, 0.2) is 0 Å². The molecule has 0 aromatic carbocycles. The van der Waals surface area contributed by atoms with E-state index in [0.29, 0.717) is 58.4 Å². The summed E-state index contributed by atoms with van der Waals surface area (Å²) < 4.78 is 44.4. The first kappa shape index (κ1) is 64.3. The molecule has 0 aliphatic rings. The lowest BCUT2D eigenvalue weighted by molar-refractivity contribution is -0.144. The Bertz CT molecular complexity index is 1470. The number of rotatable bonds is 39. The number of carbonyl (C=O) groups is 6. The summed E-state index contributed by atoms with van der Waals surface area (Å²) in [6.45, 7) is 22.7. The van der Waals surface area contributed by atoms with Crippen molar-refractivity contribution < 1.29 is 71.5 Å². The van der Waals surface area contributed by atoms with Gasteiger partial charge in [0, 0.05) is 13.1 Å². The normalized spacial score (nSPS) is 13.3. The zero-order valence-corrected chi connectivity index (χ0v) is 43.3. The summed E-state index contributed by atoms with van der Waals surface area (Å²) in [5.74, 6) is -3.04. The molecule has 0 saturated heterocycles. The van der Waals surface area contributed by atoms with Crippen molar-refractivity contribution in [1.29, 1.82) is 0 Å². The van der Waals surface area contributed by atoms with Crippen LogP contribution in [0.2, 0.25) is 0 Å². The van der Waals surface area contributed by atoms with Gasteiger partial charge in [-0.15, -0.1) is 0 Å². The molecule has 0 heterocycles. The molecule has 0 fully saturated rings. The second-order valence-electron chi connectivity index (χ2n) is 19.7. The number of hydrogen-bond acceptors (Lipinski definition) is 17. The first-order chi connectivity index (χ1) is 31.6. The van der Waals surface area contributed by atoms with Gasteiger partial charge in [0.2, 0.25) is 23.6 Å². The van der Waals surface area contributed by atoms with Gasteiger partial charge in [0.05, 0.1) is 82.2 Å². The summed E-state index contributed by atoms with van der Waals surface area (Å²) in [6, 6.07) is -2.49. The van der Waals surface area contributed by atoms with Crippen molar-refractivity contribution in [2.24, 2.45) is 11.5 Å². The van der Waals surface area contributed by atoms with Crippen molar-refractivity contribution in [3.8, 4) is 0 Å². The number of carbonyl (C=O) groups excluding carboxylic acids is 6.